The molecule has 2 bridgehead atoms. The minimum Gasteiger partial charge on any atom is -0.383 e. The van der Waals surface area contributed by atoms with Gasteiger partial charge in [-0.25, -0.2) is 4.98 Å². The topological polar surface area (TPSA) is 50.9 Å². The van der Waals surface area contributed by atoms with Crippen LogP contribution in [0.15, 0.2) is 18.3 Å². The van der Waals surface area contributed by atoms with E-state index >= 15 is 0 Å². The highest BCUT2D eigenvalue weighted by atomic mass is 14.9. The summed E-state index contributed by atoms with van der Waals surface area (Å²) in [5.74, 6) is 3.50. The first-order valence-electron chi connectivity index (χ1n) is 7.70. The third kappa shape index (κ3) is 2.62. The van der Waals surface area contributed by atoms with Crippen LogP contribution in [-0.4, -0.2) is 17.6 Å². The van der Waals surface area contributed by atoms with Gasteiger partial charge >= 0.3 is 0 Å². The Hall–Kier alpha value is -1.09. The summed E-state index contributed by atoms with van der Waals surface area (Å²) < 4.78 is 0. The second-order valence-electron chi connectivity index (χ2n) is 6.25. The Morgan fingerprint density at radius 2 is 2.32 bits per heavy atom. The van der Waals surface area contributed by atoms with E-state index in [9.17, 15) is 0 Å². The minimum absolute atomic E-state index is 0.576. The number of likely N-dealkylation sites (N-methyl/N-ethyl adjacent to an activating group) is 1. The lowest BCUT2D eigenvalue weighted by Gasteiger charge is -2.31. The third-order valence-electron chi connectivity index (χ3n) is 5.14. The van der Waals surface area contributed by atoms with Gasteiger partial charge < -0.3 is 11.1 Å². The molecule has 0 saturated heterocycles. The normalized spacial score (nSPS) is 30.7. The smallest absolute Gasteiger partial charge is 0.126 e. The molecule has 0 aromatic carbocycles. The van der Waals surface area contributed by atoms with Crippen LogP contribution in [-0.2, 0) is 6.42 Å². The molecule has 3 rings (SSSR count). The molecule has 1 aromatic rings. The van der Waals surface area contributed by atoms with Gasteiger partial charge in [-0.3, -0.25) is 0 Å². The monoisotopic (exact) mass is 259 g/mol. The zero-order valence-electron chi connectivity index (χ0n) is 11.8. The van der Waals surface area contributed by atoms with Gasteiger partial charge in [0.15, 0.2) is 0 Å². The summed E-state index contributed by atoms with van der Waals surface area (Å²) in [4.78, 5) is 4.22. The molecule has 0 amide bonds. The van der Waals surface area contributed by atoms with E-state index in [0.29, 0.717) is 11.9 Å². The summed E-state index contributed by atoms with van der Waals surface area (Å²) in [5, 5.41) is 3.70. The van der Waals surface area contributed by atoms with Crippen LogP contribution in [0.2, 0.25) is 0 Å². The van der Waals surface area contributed by atoms with Crippen molar-refractivity contribution in [2.24, 2.45) is 17.8 Å². The van der Waals surface area contributed by atoms with Crippen LogP contribution in [0.3, 0.4) is 0 Å². The Morgan fingerprint density at radius 1 is 1.42 bits per heavy atom. The molecular weight excluding hydrogens is 234 g/mol. The van der Waals surface area contributed by atoms with Crippen LogP contribution in [0.4, 0.5) is 5.82 Å². The van der Waals surface area contributed by atoms with E-state index in [2.05, 4.69) is 23.3 Å². The molecule has 2 aliphatic rings. The fourth-order valence-electron chi connectivity index (χ4n) is 4.28. The molecule has 3 nitrogen and oxygen atoms in total. The zero-order valence-corrected chi connectivity index (χ0v) is 11.8. The van der Waals surface area contributed by atoms with Crippen LogP contribution < -0.4 is 11.1 Å². The lowest BCUT2D eigenvalue weighted by molar-refractivity contribution is 0.249. The Labute approximate surface area is 116 Å². The maximum atomic E-state index is 6.00. The van der Waals surface area contributed by atoms with Crippen LogP contribution in [0.25, 0.3) is 0 Å². The van der Waals surface area contributed by atoms with Crippen molar-refractivity contribution < 1.29 is 0 Å². The summed E-state index contributed by atoms with van der Waals surface area (Å²) in [6.07, 6.45) is 8.60. The lowest BCUT2D eigenvalue weighted by atomic mass is 9.81. The molecule has 19 heavy (non-hydrogen) atoms. The number of rotatable bonds is 5. The quantitative estimate of drug-likeness (QED) is 0.854. The Morgan fingerprint density at radius 3 is 2.95 bits per heavy atom. The highest BCUT2D eigenvalue weighted by Crippen LogP contribution is 2.49. The average Bonchev–Trinajstić information content (AvgIpc) is 3.03. The molecule has 0 spiro atoms. The molecule has 3 heteroatoms. The number of pyridine rings is 1. The van der Waals surface area contributed by atoms with E-state index in [1.807, 2.05) is 6.07 Å². The van der Waals surface area contributed by atoms with Crippen molar-refractivity contribution in [3.05, 3.63) is 23.9 Å². The molecule has 2 saturated carbocycles. The number of anilines is 1. The number of nitrogen functional groups attached to an aromatic ring is 1. The van der Waals surface area contributed by atoms with E-state index in [1.54, 1.807) is 6.20 Å². The lowest BCUT2D eigenvalue weighted by Crippen LogP contribution is -2.40. The van der Waals surface area contributed by atoms with Crippen molar-refractivity contribution in [3.63, 3.8) is 0 Å². The summed E-state index contributed by atoms with van der Waals surface area (Å²) in [7, 11) is 0. The number of fused-ring (bicyclic) bond motifs is 2. The highest BCUT2D eigenvalue weighted by molar-refractivity contribution is 5.39. The molecule has 2 aliphatic carbocycles. The SMILES string of the molecule is CCNC(Cc1cccnc1N)C1CC2CCC1C2. The van der Waals surface area contributed by atoms with Crippen molar-refractivity contribution in [3.8, 4) is 0 Å². The van der Waals surface area contributed by atoms with Crippen molar-refractivity contribution in [2.45, 2.75) is 45.1 Å². The van der Waals surface area contributed by atoms with E-state index < -0.39 is 0 Å². The molecule has 104 valence electrons. The molecule has 4 unspecified atom stereocenters. The minimum atomic E-state index is 0.576. The van der Waals surface area contributed by atoms with Crippen LogP contribution in [0.5, 0.6) is 0 Å². The average molecular weight is 259 g/mol. The van der Waals surface area contributed by atoms with Crippen molar-refractivity contribution in [2.75, 3.05) is 12.3 Å². The second kappa shape index (κ2) is 5.49. The maximum absolute atomic E-state index is 6.00. The second-order valence-corrected chi connectivity index (χ2v) is 6.25. The van der Waals surface area contributed by atoms with Crippen molar-refractivity contribution >= 4 is 5.82 Å². The molecule has 0 aliphatic heterocycles. The fraction of sp³-hybridized carbons (Fsp3) is 0.688. The number of hydrogen-bond donors (Lipinski definition) is 2. The first kappa shape index (κ1) is 12.9. The number of hydrogen-bond acceptors (Lipinski definition) is 3. The van der Waals surface area contributed by atoms with Gasteiger partial charge in [0.25, 0.3) is 0 Å². The van der Waals surface area contributed by atoms with Crippen LogP contribution in [0, 0.1) is 17.8 Å². The standard InChI is InChI=1S/C16H25N3/c1-2-18-15(10-13-4-3-7-19-16(13)17)14-9-11-5-6-12(14)8-11/h3-4,7,11-12,14-15,18H,2,5-6,8-10H2,1H3,(H2,17,19). The summed E-state index contributed by atoms with van der Waals surface area (Å²) >= 11 is 0. The fourth-order valence-corrected chi connectivity index (χ4v) is 4.28. The Kier molecular flexibility index (Phi) is 3.74. The van der Waals surface area contributed by atoms with Gasteiger partial charge in [0.1, 0.15) is 5.82 Å². The van der Waals surface area contributed by atoms with E-state index in [0.717, 1.165) is 30.7 Å². The van der Waals surface area contributed by atoms with Gasteiger partial charge in [0.2, 0.25) is 0 Å². The molecule has 1 heterocycles. The Balaban J connectivity index is 1.73. The van der Waals surface area contributed by atoms with Gasteiger partial charge in [0, 0.05) is 12.2 Å². The maximum Gasteiger partial charge on any atom is 0.126 e. The first-order chi connectivity index (χ1) is 9.28. The van der Waals surface area contributed by atoms with Gasteiger partial charge in [-0.1, -0.05) is 19.4 Å². The zero-order chi connectivity index (χ0) is 13.2. The highest BCUT2D eigenvalue weighted by Gasteiger charge is 2.42. The number of nitrogens with two attached hydrogens (primary N) is 1. The molecule has 1 aromatic heterocycles. The summed E-state index contributed by atoms with van der Waals surface area (Å²) in [5.41, 5.74) is 7.21. The summed E-state index contributed by atoms with van der Waals surface area (Å²) in [6.45, 7) is 3.24. The van der Waals surface area contributed by atoms with Crippen LogP contribution >= 0.6 is 0 Å². The summed E-state index contributed by atoms with van der Waals surface area (Å²) in [6, 6.07) is 4.70. The van der Waals surface area contributed by atoms with Crippen LogP contribution in [0.1, 0.15) is 38.2 Å². The van der Waals surface area contributed by atoms with Gasteiger partial charge in [-0.15, -0.1) is 0 Å². The van der Waals surface area contributed by atoms with Gasteiger partial charge in [0.05, 0.1) is 0 Å². The largest absolute Gasteiger partial charge is 0.383 e. The molecular formula is C16H25N3. The van der Waals surface area contributed by atoms with Gasteiger partial charge in [-0.05, 0) is 61.6 Å². The van der Waals surface area contributed by atoms with Gasteiger partial charge in [-0.2, -0.15) is 0 Å². The van der Waals surface area contributed by atoms with E-state index in [-0.39, 0.29) is 0 Å². The molecule has 4 atom stereocenters. The first-order valence-corrected chi connectivity index (χ1v) is 7.70. The van der Waals surface area contributed by atoms with E-state index in [1.165, 1.54) is 31.2 Å². The number of nitrogens with zero attached hydrogens (tertiary/aromatic N) is 1. The predicted molar refractivity (Wildman–Crippen MR) is 78.8 cm³/mol. The Bertz CT molecular complexity index is 432. The van der Waals surface area contributed by atoms with Crippen molar-refractivity contribution in [1.82, 2.24) is 10.3 Å². The number of nitrogens with one attached hydrogen (secondary N) is 1. The van der Waals surface area contributed by atoms with Crippen molar-refractivity contribution in [1.29, 1.82) is 0 Å². The predicted octanol–water partition coefficient (Wildman–Crippen LogP) is 2.62. The third-order valence-corrected chi connectivity index (χ3v) is 5.14. The molecule has 2 fully saturated rings. The number of aromatic nitrogens is 1. The van der Waals surface area contributed by atoms with E-state index in [4.69, 9.17) is 5.73 Å². The molecule has 0 radical (unpaired) electrons. The molecule has 3 N–H and O–H groups in total.